The van der Waals surface area contributed by atoms with Gasteiger partial charge < -0.3 is 24.8 Å². The Bertz CT molecular complexity index is 1010. The van der Waals surface area contributed by atoms with E-state index in [-0.39, 0.29) is 17.4 Å². The maximum absolute atomic E-state index is 13.0. The smallest absolute Gasteiger partial charge is 0.247 e. The summed E-state index contributed by atoms with van der Waals surface area (Å²) in [6.45, 7) is 8.95. The fraction of sp³-hybridized carbons (Fsp3) is 0.517. The molecular formula is C29H42N6O2. The Morgan fingerprint density at radius 1 is 1.24 bits per heavy atom. The zero-order chi connectivity index (χ0) is 27.4. The van der Waals surface area contributed by atoms with E-state index in [2.05, 4.69) is 60.2 Å². The lowest BCUT2D eigenvalue weighted by molar-refractivity contribution is -0.122. The van der Waals surface area contributed by atoms with Gasteiger partial charge in [-0.05, 0) is 69.1 Å². The lowest BCUT2D eigenvalue weighted by Gasteiger charge is -2.30. The highest BCUT2D eigenvalue weighted by Crippen LogP contribution is 2.29. The number of nitriles is 1. The van der Waals surface area contributed by atoms with Crippen LogP contribution in [0.4, 0.5) is 5.69 Å². The van der Waals surface area contributed by atoms with Gasteiger partial charge in [-0.15, -0.1) is 0 Å². The Kier molecular flexibility index (Phi) is 11.5. The third kappa shape index (κ3) is 9.18. The van der Waals surface area contributed by atoms with Crippen molar-refractivity contribution in [1.29, 1.82) is 5.26 Å². The van der Waals surface area contributed by atoms with Crippen LogP contribution in [-0.4, -0.2) is 73.8 Å². The molecule has 2 aromatic rings. The number of hydrogen-bond donors (Lipinski definition) is 1. The Labute approximate surface area is 222 Å². The summed E-state index contributed by atoms with van der Waals surface area (Å²) in [7, 11) is 6.04. The van der Waals surface area contributed by atoms with E-state index in [4.69, 9.17) is 5.26 Å². The van der Waals surface area contributed by atoms with Crippen molar-refractivity contribution < 1.29 is 9.59 Å². The quantitative estimate of drug-likeness (QED) is 0.314. The van der Waals surface area contributed by atoms with Gasteiger partial charge >= 0.3 is 0 Å². The Balaban J connectivity index is 0.000000449. The summed E-state index contributed by atoms with van der Waals surface area (Å²) in [5.41, 5.74) is 3.26. The van der Waals surface area contributed by atoms with Crippen LogP contribution in [0.3, 0.4) is 0 Å². The largest absolute Gasteiger partial charge is 0.359 e. The second kappa shape index (κ2) is 14.3. The molecule has 0 saturated carbocycles. The number of aromatic nitrogens is 1. The number of hydrogen-bond acceptors (Lipinski definition) is 7. The number of rotatable bonds is 9. The molecule has 2 heterocycles. The highest BCUT2D eigenvalue weighted by Gasteiger charge is 2.26. The van der Waals surface area contributed by atoms with Crippen molar-refractivity contribution in [1.82, 2.24) is 20.1 Å². The molecule has 1 aromatic heterocycles. The summed E-state index contributed by atoms with van der Waals surface area (Å²) in [6, 6.07) is 11.7. The van der Waals surface area contributed by atoms with E-state index in [1.165, 1.54) is 10.5 Å². The SMILES string of the molecule is CN(C)CCCNC(=O)C(c1cccnc1)N(C)c1ccc(C(C)(C)C)cc1.N#CN1CCCC1C=O. The minimum atomic E-state index is -0.423. The molecule has 1 aliphatic rings. The number of nitrogens with one attached hydrogen (secondary N) is 1. The first-order valence-corrected chi connectivity index (χ1v) is 12.9. The molecular weight excluding hydrogens is 464 g/mol. The number of benzene rings is 1. The van der Waals surface area contributed by atoms with Gasteiger partial charge in [0.05, 0.1) is 6.04 Å². The van der Waals surface area contributed by atoms with Gasteiger partial charge in [-0.25, -0.2) is 0 Å². The van der Waals surface area contributed by atoms with E-state index in [1.807, 2.05) is 44.4 Å². The number of likely N-dealkylation sites (tertiary alicyclic amines) is 1. The molecule has 1 N–H and O–H groups in total. The lowest BCUT2D eigenvalue weighted by atomic mass is 9.87. The number of anilines is 1. The molecule has 0 bridgehead atoms. The number of carbonyl (C=O) groups is 2. The van der Waals surface area contributed by atoms with Crippen molar-refractivity contribution in [3.8, 4) is 6.19 Å². The van der Waals surface area contributed by atoms with E-state index in [0.29, 0.717) is 6.54 Å². The third-order valence-corrected chi connectivity index (χ3v) is 6.44. The molecule has 0 radical (unpaired) electrons. The van der Waals surface area contributed by atoms with Crippen LogP contribution in [0.2, 0.25) is 0 Å². The molecule has 200 valence electrons. The molecule has 2 unspecified atom stereocenters. The Morgan fingerprint density at radius 3 is 2.46 bits per heavy atom. The van der Waals surface area contributed by atoms with Crippen LogP contribution in [0.5, 0.6) is 0 Å². The Morgan fingerprint density at radius 2 is 1.95 bits per heavy atom. The van der Waals surface area contributed by atoms with E-state index < -0.39 is 6.04 Å². The van der Waals surface area contributed by atoms with Gasteiger partial charge in [0, 0.05) is 43.8 Å². The summed E-state index contributed by atoms with van der Waals surface area (Å²) in [6.07, 6.45) is 9.04. The number of amides is 1. The molecule has 37 heavy (non-hydrogen) atoms. The third-order valence-electron chi connectivity index (χ3n) is 6.44. The van der Waals surface area contributed by atoms with Crippen molar-refractivity contribution in [2.24, 2.45) is 0 Å². The van der Waals surface area contributed by atoms with Gasteiger partial charge in [0.15, 0.2) is 6.19 Å². The molecule has 1 amide bonds. The van der Waals surface area contributed by atoms with Crippen molar-refractivity contribution in [2.45, 2.75) is 57.5 Å². The summed E-state index contributed by atoms with van der Waals surface area (Å²) >= 11 is 0. The zero-order valence-electron chi connectivity index (χ0n) is 23.1. The molecule has 1 saturated heterocycles. The first-order chi connectivity index (χ1) is 17.6. The van der Waals surface area contributed by atoms with Gasteiger partial charge in [0.25, 0.3) is 0 Å². The number of aldehydes is 1. The summed E-state index contributed by atoms with van der Waals surface area (Å²) in [4.78, 5) is 33.1. The van der Waals surface area contributed by atoms with Gasteiger partial charge in [0.1, 0.15) is 12.3 Å². The molecule has 1 aliphatic heterocycles. The average molecular weight is 507 g/mol. The van der Waals surface area contributed by atoms with Crippen molar-refractivity contribution >= 4 is 17.9 Å². The first-order valence-electron chi connectivity index (χ1n) is 12.9. The van der Waals surface area contributed by atoms with Gasteiger partial charge in [0.2, 0.25) is 5.91 Å². The summed E-state index contributed by atoms with van der Waals surface area (Å²) < 4.78 is 0. The number of pyridine rings is 1. The van der Waals surface area contributed by atoms with Gasteiger partial charge in [-0.1, -0.05) is 39.0 Å². The average Bonchev–Trinajstić information content (AvgIpc) is 3.35. The fourth-order valence-corrected chi connectivity index (χ4v) is 4.20. The van der Waals surface area contributed by atoms with Crippen molar-refractivity contribution in [2.75, 3.05) is 45.7 Å². The van der Waals surface area contributed by atoms with Crippen molar-refractivity contribution in [3.05, 3.63) is 59.9 Å². The monoisotopic (exact) mass is 506 g/mol. The number of nitrogens with zero attached hydrogens (tertiary/aromatic N) is 5. The van der Waals surface area contributed by atoms with Crippen LogP contribution in [-0.2, 0) is 15.0 Å². The topological polar surface area (TPSA) is 92.6 Å². The maximum Gasteiger partial charge on any atom is 0.247 e. The van der Waals surface area contributed by atoms with Crippen LogP contribution >= 0.6 is 0 Å². The zero-order valence-corrected chi connectivity index (χ0v) is 23.1. The summed E-state index contributed by atoms with van der Waals surface area (Å²) in [5, 5.41) is 11.5. The second-order valence-electron chi connectivity index (χ2n) is 10.7. The molecule has 1 fully saturated rings. The van der Waals surface area contributed by atoms with Gasteiger partial charge in [-0.3, -0.25) is 9.78 Å². The van der Waals surface area contributed by atoms with Gasteiger partial charge in [-0.2, -0.15) is 5.26 Å². The van der Waals surface area contributed by atoms with Crippen LogP contribution in [0.25, 0.3) is 0 Å². The van der Waals surface area contributed by atoms with E-state index >= 15 is 0 Å². The van der Waals surface area contributed by atoms with Crippen molar-refractivity contribution in [3.63, 3.8) is 0 Å². The van der Waals surface area contributed by atoms with Crippen LogP contribution < -0.4 is 10.2 Å². The molecule has 0 aliphatic carbocycles. The normalized spacial score (nSPS) is 15.8. The van der Waals surface area contributed by atoms with Crippen LogP contribution in [0, 0.1) is 11.5 Å². The fourth-order valence-electron chi connectivity index (χ4n) is 4.20. The highest BCUT2D eigenvalue weighted by atomic mass is 16.2. The first kappa shape index (κ1) is 29.8. The van der Waals surface area contributed by atoms with Crippen LogP contribution in [0.15, 0.2) is 48.8 Å². The summed E-state index contributed by atoms with van der Waals surface area (Å²) in [5.74, 6) is -0.00541. The lowest BCUT2D eigenvalue weighted by Crippen LogP contribution is -2.39. The standard InChI is InChI=1S/C23H34N4O.C6H8N2O/c1-23(2,3)19-10-12-20(13-11-19)27(6)21(18-9-7-14-24-17-18)22(28)25-15-8-16-26(4)5;7-5-8-3-1-2-6(8)4-9/h7,9-14,17,21H,8,15-16H2,1-6H3,(H,25,28);4,6H,1-3H2. The Hall–Kier alpha value is -3.44. The molecule has 2 atom stereocenters. The molecule has 8 heteroatoms. The number of likely N-dealkylation sites (N-methyl/N-ethyl adjacent to an activating group) is 1. The van der Waals surface area contributed by atoms with E-state index in [9.17, 15) is 9.59 Å². The predicted octanol–water partition coefficient (Wildman–Crippen LogP) is 3.76. The molecule has 3 rings (SSSR count). The minimum Gasteiger partial charge on any atom is -0.359 e. The molecule has 0 spiro atoms. The molecule has 1 aromatic carbocycles. The number of carbonyl (C=O) groups excluding carboxylic acids is 2. The van der Waals surface area contributed by atoms with E-state index in [1.54, 1.807) is 12.4 Å². The van der Waals surface area contributed by atoms with Crippen LogP contribution in [0.1, 0.15) is 57.2 Å². The minimum absolute atomic E-state index is 0.00541. The van der Waals surface area contributed by atoms with E-state index in [0.717, 1.165) is 49.9 Å². The predicted molar refractivity (Wildman–Crippen MR) is 148 cm³/mol. The maximum atomic E-state index is 13.0. The highest BCUT2D eigenvalue weighted by molar-refractivity contribution is 5.86. The molecule has 8 nitrogen and oxygen atoms in total. The second-order valence-corrected chi connectivity index (χ2v) is 10.7.